The highest BCUT2D eigenvalue weighted by Gasteiger charge is 2.32. The highest BCUT2D eigenvalue weighted by atomic mass is 19.4. The number of benzene rings is 1. The van der Waals surface area contributed by atoms with Crippen LogP contribution >= 0.6 is 0 Å². The number of ether oxygens (including phenoxy) is 1. The van der Waals surface area contributed by atoms with E-state index >= 15 is 0 Å². The van der Waals surface area contributed by atoms with Gasteiger partial charge < -0.3 is 15.0 Å². The summed E-state index contributed by atoms with van der Waals surface area (Å²) in [6, 6.07) is 4.49. The van der Waals surface area contributed by atoms with Crippen molar-refractivity contribution in [2.45, 2.75) is 45.4 Å². The molecule has 1 saturated heterocycles. The fraction of sp³-hybridized carbons (Fsp3) is 0.556. The van der Waals surface area contributed by atoms with E-state index in [9.17, 15) is 22.8 Å². The first-order valence-corrected chi connectivity index (χ1v) is 8.42. The first kappa shape index (κ1) is 20.1. The van der Waals surface area contributed by atoms with Crippen LogP contribution in [0, 0.1) is 5.92 Å². The van der Waals surface area contributed by atoms with E-state index in [1.54, 1.807) is 20.8 Å². The molecule has 8 heteroatoms. The van der Waals surface area contributed by atoms with E-state index in [1.165, 1.54) is 17.0 Å². The molecule has 1 N–H and O–H groups in total. The zero-order chi connectivity index (χ0) is 19.5. The van der Waals surface area contributed by atoms with Crippen LogP contribution in [0.5, 0.6) is 0 Å². The van der Waals surface area contributed by atoms with Gasteiger partial charge >= 0.3 is 12.3 Å². The van der Waals surface area contributed by atoms with Crippen molar-refractivity contribution >= 4 is 17.7 Å². The second-order valence-corrected chi connectivity index (χ2v) is 7.33. The Morgan fingerprint density at radius 3 is 2.54 bits per heavy atom. The summed E-state index contributed by atoms with van der Waals surface area (Å²) in [4.78, 5) is 26.0. The Morgan fingerprint density at radius 1 is 1.23 bits per heavy atom. The zero-order valence-electron chi connectivity index (χ0n) is 15.0. The zero-order valence-corrected chi connectivity index (χ0v) is 15.0. The number of hydrogen-bond acceptors (Lipinski definition) is 3. The lowest BCUT2D eigenvalue weighted by Gasteiger charge is -2.33. The molecule has 0 radical (unpaired) electrons. The van der Waals surface area contributed by atoms with Crippen molar-refractivity contribution in [2.24, 2.45) is 5.92 Å². The lowest BCUT2D eigenvalue weighted by molar-refractivity contribution is -0.137. The fourth-order valence-electron chi connectivity index (χ4n) is 2.70. The summed E-state index contributed by atoms with van der Waals surface area (Å²) in [5.41, 5.74) is -1.38. The van der Waals surface area contributed by atoms with Gasteiger partial charge in [0.15, 0.2) is 0 Å². The van der Waals surface area contributed by atoms with Gasteiger partial charge in [-0.05, 0) is 51.8 Å². The van der Waals surface area contributed by atoms with Gasteiger partial charge in [0.05, 0.1) is 11.5 Å². The summed E-state index contributed by atoms with van der Waals surface area (Å²) in [5.74, 6) is -0.900. The van der Waals surface area contributed by atoms with Gasteiger partial charge in [-0.2, -0.15) is 13.2 Å². The summed E-state index contributed by atoms with van der Waals surface area (Å²) < 4.78 is 43.6. The summed E-state index contributed by atoms with van der Waals surface area (Å²) in [6.45, 7) is 5.94. The third-order valence-corrected chi connectivity index (χ3v) is 3.90. The Hall–Kier alpha value is -2.25. The van der Waals surface area contributed by atoms with Crippen LogP contribution < -0.4 is 5.32 Å². The second-order valence-electron chi connectivity index (χ2n) is 7.33. The molecule has 5 nitrogen and oxygen atoms in total. The average Bonchev–Trinajstić information content (AvgIpc) is 2.53. The molecule has 2 rings (SSSR count). The molecule has 1 heterocycles. The van der Waals surface area contributed by atoms with Crippen LogP contribution in [0.2, 0.25) is 0 Å². The second kappa shape index (κ2) is 7.55. The number of likely N-dealkylation sites (tertiary alicyclic amines) is 1. The number of alkyl halides is 3. The summed E-state index contributed by atoms with van der Waals surface area (Å²) in [5, 5.41) is 2.51. The number of rotatable bonds is 2. The van der Waals surface area contributed by atoms with Gasteiger partial charge in [0.2, 0.25) is 5.91 Å². The van der Waals surface area contributed by atoms with Crippen LogP contribution in [0.3, 0.4) is 0 Å². The molecule has 0 aromatic heterocycles. The topological polar surface area (TPSA) is 58.6 Å². The molecule has 0 aliphatic carbocycles. The van der Waals surface area contributed by atoms with Crippen molar-refractivity contribution in [3.05, 3.63) is 29.8 Å². The van der Waals surface area contributed by atoms with E-state index in [4.69, 9.17) is 4.74 Å². The van der Waals surface area contributed by atoms with E-state index in [0.29, 0.717) is 19.4 Å². The Kier molecular flexibility index (Phi) is 5.83. The molecule has 1 aliphatic heterocycles. The highest BCUT2D eigenvalue weighted by molar-refractivity contribution is 5.93. The Balaban J connectivity index is 2.00. The predicted molar refractivity (Wildman–Crippen MR) is 90.6 cm³/mol. The molecule has 0 spiro atoms. The van der Waals surface area contributed by atoms with Crippen LogP contribution in [-0.4, -0.2) is 35.6 Å². The van der Waals surface area contributed by atoms with Crippen molar-refractivity contribution in [3.63, 3.8) is 0 Å². The van der Waals surface area contributed by atoms with Gasteiger partial charge in [-0.3, -0.25) is 4.79 Å². The molecular formula is C18H23F3N2O3. The van der Waals surface area contributed by atoms with Crippen LogP contribution in [0.1, 0.15) is 39.2 Å². The van der Waals surface area contributed by atoms with E-state index in [-0.39, 0.29) is 12.2 Å². The molecule has 1 aromatic rings. The van der Waals surface area contributed by atoms with Gasteiger partial charge in [0, 0.05) is 18.8 Å². The van der Waals surface area contributed by atoms with E-state index in [2.05, 4.69) is 5.32 Å². The third-order valence-electron chi connectivity index (χ3n) is 3.90. The molecule has 1 unspecified atom stereocenters. The van der Waals surface area contributed by atoms with Crippen LogP contribution in [-0.2, 0) is 15.7 Å². The maximum absolute atomic E-state index is 12.8. The smallest absolute Gasteiger partial charge is 0.416 e. The molecule has 0 bridgehead atoms. The van der Waals surface area contributed by atoms with Crippen LogP contribution in [0.15, 0.2) is 24.3 Å². The number of carbonyl (C=O) groups is 2. The van der Waals surface area contributed by atoms with Crippen LogP contribution in [0.4, 0.5) is 23.7 Å². The molecule has 26 heavy (non-hydrogen) atoms. The van der Waals surface area contributed by atoms with Crippen LogP contribution in [0.25, 0.3) is 0 Å². The van der Waals surface area contributed by atoms with Gasteiger partial charge in [-0.1, -0.05) is 6.07 Å². The number of halogens is 3. The molecule has 1 aliphatic rings. The molecule has 1 aromatic carbocycles. The fourth-order valence-corrected chi connectivity index (χ4v) is 2.70. The monoisotopic (exact) mass is 372 g/mol. The molecule has 0 saturated carbocycles. The maximum Gasteiger partial charge on any atom is 0.416 e. The number of nitrogens with one attached hydrogen (secondary N) is 1. The van der Waals surface area contributed by atoms with E-state index in [0.717, 1.165) is 12.1 Å². The number of hydrogen-bond donors (Lipinski definition) is 1. The molecule has 1 atom stereocenters. The van der Waals surface area contributed by atoms with Gasteiger partial charge in [-0.15, -0.1) is 0 Å². The number of carbonyl (C=O) groups excluding carboxylic acids is 2. The number of amides is 2. The lowest BCUT2D eigenvalue weighted by atomic mass is 9.97. The Labute approximate surface area is 150 Å². The normalized spacial score (nSPS) is 18.4. The quantitative estimate of drug-likeness (QED) is 0.842. The summed E-state index contributed by atoms with van der Waals surface area (Å²) in [6.07, 6.45) is -3.78. The first-order valence-electron chi connectivity index (χ1n) is 8.42. The maximum atomic E-state index is 12.8. The number of anilines is 1. The van der Waals surface area contributed by atoms with Crippen molar-refractivity contribution < 1.29 is 27.5 Å². The van der Waals surface area contributed by atoms with Crippen molar-refractivity contribution in [3.8, 4) is 0 Å². The standard InChI is InChI=1S/C18H23F3N2O3/c1-17(2,3)26-16(25)23-9-5-6-12(11-23)15(24)22-14-8-4-7-13(10-14)18(19,20)21/h4,7-8,10,12H,5-6,9,11H2,1-3H3,(H,22,24). The van der Waals surface area contributed by atoms with Gasteiger partial charge in [0.1, 0.15) is 5.60 Å². The largest absolute Gasteiger partial charge is 0.444 e. The van der Waals surface area contributed by atoms with Gasteiger partial charge in [-0.25, -0.2) is 4.79 Å². The summed E-state index contributed by atoms with van der Waals surface area (Å²) in [7, 11) is 0. The van der Waals surface area contributed by atoms with E-state index < -0.39 is 35.3 Å². The molecular weight excluding hydrogens is 349 g/mol. The van der Waals surface area contributed by atoms with Crippen molar-refractivity contribution in [2.75, 3.05) is 18.4 Å². The minimum Gasteiger partial charge on any atom is -0.444 e. The minimum absolute atomic E-state index is 0.0826. The van der Waals surface area contributed by atoms with Crippen molar-refractivity contribution in [1.82, 2.24) is 4.90 Å². The average molecular weight is 372 g/mol. The lowest BCUT2D eigenvalue weighted by Crippen LogP contribution is -2.45. The number of nitrogens with zero attached hydrogens (tertiary/aromatic N) is 1. The predicted octanol–water partition coefficient (Wildman–Crippen LogP) is 4.29. The minimum atomic E-state index is -4.47. The van der Waals surface area contributed by atoms with E-state index in [1.807, 2.05) is 0 Å². The molecule has 144 valence electrons. The first-order chi connectivity index (χ1) is 12.0. The highest BCUT2D eigenvalue weighted by Crippen LogP contribution is 2.31. The third kappa shape index (κ3) is 5.64. The molecule has 2 amide bonds. The summed E-state index contributed by atoms with van der Waals surface area (Å²) >= 11 is 0. The van der Waals surface area contributed by atoms with Crippen molar-refractivity contribution in [1.29, 1.82) is 0 Å². The Morgan fingerprint density at radius 2 is 1.92 bits per heavy atom. The SMILES string of the molecule is CC(C)(C)OC(=O)N1CCCC(C(=O)Nc2cccc(C(F)(F)F)c2)C1. The number of piperidine rings is 1. The molecule has 1 fully saturated rings. The Bertz CT molecular complexity index is 668. The van der Waals surface area contributed by atoms with Gasteiger partial charge in [0.25, 0.3) is 0 Å².